The lowest BCUT2D eigenvalue weighted by Crippen LogP contribution is -2.47. The molecule has 0 saturated carbocycles. The number of H-pyrrole nitrogens is 1. The first kappa shape index (κ1) is 9.61. The molecule has 0 aliphatic carbocycles. The summed E-state index contributed by atoms with van der Waals surface area (Å²) < 4.78 is 0. The van der Waals surface area contributed by atoms with E-state index in [4.69, 9.17) is 5.73 Å². The van der Waals surface area contributed by atoms with Crippen LogP contribution in [-0.2, 0) is 5.54 Å². The van der Waals surface area contributed by atoms with E-state index in [9.17, 15) is 0 Å². The van der Waals surface area contributed by atoms with Crippen LogP contribution in [0.1, 0.15) is 25.0 Å². The van der Waals surface area contributed by atoms with Crippen molar-refractivity contribution in [2.75, 3.05) is 13.6 Å². The van der Waals surface area contributed by atoms with Crippen molar-refractivity contribution >= 4 is 0 Å². The zero-order valence-corrected chi connectivity index (χ0v) is 8.91. The van der Waals surface area contributed by atoms with Gasteiger partial charge in [-0.15, -0.1) is 0 Å². The third-order valence-electron chi connectivity index (χ3n) is 3.34. The van der Waals surface area contributed by atoms with Gasteiger partial charge in [0.2, 0.25) is 0 Å². The van der Waals surface area contributed by atoms with Crippen LogP contribution in [0.25, 0.3) is 0 Å². The topological polar surface area (TPSA) is 70.8 Å². The monoisotopic (exact) mass is 195 g/mol. The number of rotatable bonds is 1. The minimum absolute atomic E-state index is 0.114. The molecular weight excluding hydrogens is 178 g/mol. The molecule has 0 bridgehead atoms. The van der Waals surface area contributed by atoms with E-state index in [-0.39, 0.29) is 11.6 Å². The van der Waals surface area contributed by atoms with E-state index in [0.717, 1.165) is 24.6 Å². The zero-order valence-electron chi connectivity index (χ0n) is 8.91. The summed E-state index contributed by atoms with van der Waals surface area (Å²) >= 11 is 0. The van der Waals surface area contributed by atoms with Gasteiger partial charge in [-0.3, -0.25) is 10.00 Å². The molecule has 14 heavy (non-hydrogen) atoms. The predicted molar refractivity (Wildman–Crippen MR) is 53.7 cm³/mol. The Kier molecular flexibility index (Phi) is 2.08. The first-order chi connectivity index (χ1) is 6.55. The van der Waals surface area contributed by atoms with Crippen LogP contribution in [0.3, 0.4) is 0 Å². The van der Waals surface area contributed by atoms with Gasteiger partial charge >= 0.3 is 0 Å². The lowest BCUT2D eigenvalue weighted by molar-refractivity contribution is 0.169. The molecule has 0 amide bonds. The molecule has 2 rings (SSSR count). The Morgan fingerprint density at radius 1 is 1.64 bits per heavy atom. The Morgan fingerprint density at radius 2 is 2.36 bits per heavy atom. The molecule has 0 aromatic carbocycles. The molecule has 1 aliphatic rings. The van der Waals surface area contributed by atoms with Crippen LogP contribution >= 0.6 is 0 Å². The van der Waals surface area contributed by atoms with E-state index in [0.29, 0.717) is 0 Å². The van der Waals surface area contributed by atoms with Crippen molar-refractivity contribution in [3.05, 3.63) is 11.6 Å². The Morgan fingerprint density at radius 3 is 2.79 bits per heavy atom. The number of likely N-dealkylation sites (tertiary alicyclic amines) is 1. The predicted octanol–water partition coefficient (Wildman–Crippen LogP) is -0.00888. The van der Waals surface area contributed by atoms with Crippen LogP contribution in [0.4, 0.5) is 0 Å². The normalized spacial score (nSPS) is 33.9. The van der Waals surface area contributed by atoms with Crippen LogP contribution in [-0.4, -0.2) is 39.7 Å². The van der Waals surface area contributed by atoms with Crippen molar-refractivity contribution in [2.24, 2.45) is 5.73 Å². The Balaban J connectivity index is 2.39. The summed E-state index contributed by atoms with van der Waals surface area (Å²) in [4.78, 5) is 6.60. The van der Waals surface area contributed by atoms with Gasteiger partial charge in [-0.25, -0.2) is 4.98 Å². The zero-order chi connectivity index (χ0) is 10.3. The number of hydrogen-bond donors (Lipinski definition) is 2. The fourth-order valence-electron chi connectivity index (χ4n) is 2.03. The van der Waals surface area contributed by atoms with Gasteiger partial charge < -0.3 is 5.73 Å². The van der Waals surface area contributed by atoms with Crippen LogP contribution < -0.4 is 5.73 Å². The van der Waals surface area contributed by atoms with Crippen molar-refractivity contribution in [2.45, 2.75) is 31.8 Å². The second-order valence-electron chi connectivity index (χ2n) is 4.21. The van der Waals surface area contributed by atoms with Crippen molar-refractivity contribution in [3.63, 3.8) is 0 Å². The molecule has 1 aromatic rings. The number of aromatic nitrogens is 3. The lowest BCUT2D eigenvalue weighted by atomic mass is 9.93. The Labute approximate surface area is 83.7 Å². The maximum atomic E-state index is 6.11. The summed E-state index contributed by atoms with van der Waals surface area (Å²) in [6, 6.07) is 0.114. The lowest BCUT2D eigenvalue weighted by Gasteiger charge is -2.32. The molecule has 2 heterocycles. The van der Waals surface area contributed by atoms with Crippen molar-refractivity contribution in [1.29, 1.82) is 0 Å². The molecule has 3 N–H and O–H groups in total. The minimum atomic E-state index is -0.218. The van der Waals surface area contributed by atoms with Crippen molar-refractivity contribution in [1.82, 2.24) is 20.1 Å². The Bertz CT molecular complexity index is 322. The number of nitrogens with one attached hydrogen (secondary N) is 1. The average Bonchev–Trinajstić information content (AvgIpc) is 2.67. The van der Waals surface area contributed by atoms with Crippen molar-refractivity contribution < 1.29 is 0 Å². The smallest absolute Gasteiger partial charge is 0.172 e. The highest BCUT2D eigenvalue weighted by Crippen LogP contribution is 2.34. The van der Waals surface area contributed by atoms with Gasteiger partial charge in [-0.05, 0) is 27.3 Å². The van der Waals surface area contributed by atoms with Gasteiger partial charge in [0.15, 0.2) is 5.82 Å². The van der Waals surface area contributed by atoms with E-state index in [2.05, 4.69) is 34.1 Å². The molecule has 1 aromatic heterocycles. The number of likely N-dealkylation sites (N-methyl/N-ethyl adjacent to an activating group) is 1. The molecule has 1 aliphatic heterocycles. The van der Waals surface area contributed by atoms with E-state index in [1.165, 1.54) is 0 Å². The van der Waals surface area contributed by atoms with Gasteiger partial charge in [0, 0.05) is 12.6 Å². The van der Waals surface area contributed by atoms with Gasteiger partial charge in [0.1, 0.15) is 5.82 Å². The number of aryl methyl sites for hydroxylation is 1. The van der Waals surface area contributed by atoms with Crippen LogP contribution in [0, 0.1) is 6.92 Å². The number of nitrogens with zero attached hydrogens (tertiary/aromatic N) is 3. The van der Waals surface area contributed by atoms with Crippen LogP contribution in [0.15, 0.2) is 0 Å². The molecule has 1 fully saturated rings. The molecule has 5 nitrogen and oxygen atoms in total. The number of hydrogen-bond acceptors (Lipinski definition) is 4. The molecule has 1 saturated heterocycles. The van der Waals surface area contributed by atoms with E-state index in [1.54, 1.807) is 0 Å². The van der Waals surface area contributed by atoms with E-state index in [1.807, 2.05) is 6.92 Å². The summed E-state index contributed by atoms with van der Waals surface area (Å²) in [5, 5.41) is 7.08. The molecule has 5 heteroatoms. The molecule has 2 atom stereocenters. The standard InChI is InChI=1S/C9H17N5/c1-6-11-8(13-12-6)9(2)7(10)4-5-14(9)3/h7H,4-5,10H2,1-3H3,(H,11,12,13). The van der Waals surface area contributed by atoms with E-state index >= 15 is 0 Å². The highest BCUT2D eigenvalue weighted by Gasteiger charge is 2.45. The second-order valence-corrected chi connectivity index (χ2v) is 4.21. The van der Waals surface area contributed by atoms with Crippen LogP contribution in [0.5, 0.6) is 0 Å². The maximum Gasteiger partial charge on any atom is 0.172 e. The third kappa shape index (κ3) is 1.16. The maximum absolute atomic E-state index is 6.11. The van der Waals surface area contributed by atoms with Gasteiger partial charge in [0.25, 0.3) is 0 Å². The summed E-state index contributed by atoms with van der Waals surface area (Å²) in [7, 11) is 2.07. The number of aromatic amines is 1. The highest BCUT2D eigenvalue weighted by atomic mass is 15.3. The summed E-state index contributed by atoms with van der Waals surface area (Å²) in [5.41, 5.74) is 5.89. The minimum Gasteiger partial charge on any atom is -0.326 e. The fraction of sp³-hybridized carbons (Fsp3) is 0.778. The van der Waals surface area contributed by atoms with Crippen LogP contribution in [0.2, 0.25) is 0 Å². The number of nitrogens with two attached hydrogens (primary N) is 1. The SMILES string of the molecule is Cc1nc(C2(C)C(N)CCN2C)n[nH]1. The first-order valence-electron chi connectivity index (χ1n) is 4.91. The molecule has 2 unspecified atom stereocenters. The summed E-state index contributed by atoms with van der Waals surface area (Å²) in [6.45, 7) is 5.01. The average molecular weight is 195 g/mol. The molecule has 0 spiro atoms. The summed E-state index contributed by atoms with van der Waals surface area (Å²) in [5.74, 6) is 1.65. The molecule has 0 radical (unpaired) electrons. The summed E-state index contributed by atoms with van der Waals surface area (Å²) in [6.07, 6.45) is 1.00. The highest BCUT2D eigenvalue weighted by molar-refractivity contribution is 5.12. The second kappa shape index (κ2) is 3.03. The molecular formula is C9H17N5. The van der Waals surface area contributed by atoms with Gasteiger partial charge in [0.05, 0.1) is 5.54 Å². The van der Waals surface area contributed by atoms with Gasteiger partial charge in [-0.2, -0.15) is 5.10 Å². The van der Waals surface area contributed by atoms with E-state index < -0.39 is 0 Å². The first-order valence-corrected chi connectivity index (χ1v) is 4.91. The van der Waals surface area contributed by atoms with Crippen molar-refractivity contribution in [3.8, 4) is 0 Å². The Hall–Kier alpha value is -0.940. The third-order valence-corrected chi connectivity index (χ3v) is 3.34. The van der Waals surface area contributed by atoms with Gasteiger partial charge in [-0.1, -0.05) is 0 Å². The fourth-order valence-corrected chi connectivity index (χ4v) is 2.03. The largest absolute Gasteiger partial charge is 0.326 e. The molecule has 78 valence electrons. The quantitative estimate of drug-likeness (QED) is 0.661.